The molecule has 39 heavy (non-hydrogen) atoms. The molecule has 7 aromatic carbocycles. The van der Waals surface area contributed by atoms with Crippen LogP contribution in [0.4, 0.5) is 0 Å². The van der Waals surface area contributed by atoms with Crippen molar-refractivity contribution < 1.29 is 4.42 Å². The van der Waals surface area contributed by atoms with E-state index >= 15 is 0 Å². The lowest BCUT2D eigenvalue weighted by Gasteiger charge is -2.17. The van der Waals surface area contributed by atoms with Gasteiger partial charge in [0.05, 0.1) is 0 Å². The zero-order chi connectivity index (χ0) is 25.8. The third-order valence-electron chi connectivity index (χ3n) is 7.87. The molecule has 0 spiro atoms. The summed E-state index contributed by atoms with van der Waals surface area (Å²) < 4.78 is 6.64. The van der Waals surface area contributed by atoms with Gasteiger partial charge in [-0.15, -0.1) is 0 Å². The van der Waals surface area contributed by atoms with E-state index in [1.54, 1.807) is 0 Å². The second-order valence-corrected chi connectivity index (χ2v) is 10.1. The third-order valence-corrected chi connectivity index (χ3v) is 7.87. The first-order chi connectivity index (χ1) is 19.4. The van der Waals surface area contributed by atoms with Gasteiger partial charge < -0.3 is 4.42 Å². The zero-order valence-electron chi connectivity index (χ0n) is 21.3. The Morgan fingerprint density at radius 2 is 0.872 bits per heavy atom. The normalized spacial score (nSPS) is 11.6. The van der Waals surface area contributed by atoms with Crippen LogP contribution < -0.4 is 0 Å². The zero-order valence-corrected chi connectivity index (χ0v) is 21.3. The molecule has 0 unspecified atom stereocenters. The number of hydrogen-bond donors (Lipinski definition) is 0. The average Bonchev–Trinajstić information content (AvgIpc) is 3.39. The van der Waals surface area contributed by atoms with Crippen LogP contribution in [-0.4, -0.2) is 0 Å². The van der Waals surface area contributed by atoms with Crippen molar-refractivity contribution in [3.63, 3.8) is 0 Å². The van der Waals surface area contributed by atoms with Crippen LogP contribution >= 0.6 is 0 Å². The Labute approximate surface area is 226 Å². The molecule has 1 heterocycles. The fourth-order valence-corrected chi connectivity index (χ4v) is 6.14. The van der Waals surface area contributed by atoms with Crippen molar-refractivity contribution in [3.8, 4) is 33.4 Å². The van der Waals surface area contributed by atoms with E-state index in [1.165, 1.54) is 49.4 Å². The van der Waals surface area contributed by atoms with Crippen LogP contribution in [0.25, 0.3) is 76.9 Å². The summed E-state index contributed by atoms with van der Waals surface area (Å²) in [5.41, 5.74) is 9.08. The van der Waals surface area contributed by atoms with Gasteiger partial charge in [-0.25, -0.2) is 0 Å². The highest BCUT2D eigenvalue weighted by molar-refractivity contribution is 6.24. The lowest BCUT2D eigenvalue weighted by atomic mass is 9.85. The second kappa shape index (κ2) is 8.72. The predicted octanol–water partition coefficient (Wildman–Crippen LogP) is 10.9. The van der Waals surface area contributed by atoms with Gasteiger partial charge in [0, 0.05) is 21.9 Å². The first-order valence-electron chi connectivity index (χ1n) is 13.4. The van der Waals surface area contributed by atoms with Crippen molar-refractivity contribution in [2.24, 2.45) is 0 Å². The molecule has 0 bridgehead atoms. The molecule has 0 saturated carbocycles. The Morgan fingerprint density at radius 3 is 1.51 bits per heavy atom. The SMILES string of the molecule is c1ccc(-c2ccc3oc4c(-c5c6ccccc6c(-c6ccccc6)c6ccccc56)cccc4c3c2)cc1. The van der Waals surface area contributed by atoms with E-state index in [1.807, 2.05) is 0 Å². The van der Waals surface area contributed by atoms with Gasteiger partial charge in [-0.3, -0.25) is 0 Å². The maximum absolute atomic E-state index is 6.64. The van der Waals surface area contributed by atoms with Gasteiger partial charge in [0.2, 0.25) is 0 Å². The maximum Gasteiger partial charge on any atom is 0.143 e. The minimum absolute atomic E-state index is 0.909. The summed E-state index contributed by atoms with van der Waals surface area (Å²) in [5, 5.41) is 7.23. The van der Waals surface area contributed by atoms with Crippen LogP contribution in [0.5, 0.6) is 0 Å². The van der Waals surface area contributed by atoms with E-state index < -0.39 is 0 Å². The van der Waals surface area contributed by atoms with Crippen molar-refractivity contribution in [1.29, 1.82) is 0 Å². The summed E-state index contributed by atoms with van der Waals surface area (Å²) in [4.78, 5) is 0. The summed E-state index contributed by atoms with van der Waals surface area (Å²) in [6.07, 6.45) is 0. The van der Waals surface area contributed by atoms with Crippen LogP contribution in [0.15, 0.2) is 150 Å². The lowest BCUT2D eigenvalue weighted by molar-refractivity contribution is 0.670. The third kappa shape index (κ3) is 3.41. The first-order valence-corrected chi connectivity index (χ1v) is 13.4. The van der Waals surface area contributed by atoms with Gasteiger partial charge >= 0.3 is 0 Å². The molecule has 0 N–H and O–H groups in total. The molecule has 8 rings (SSSR count). The molecule has 0 aliphatic carbocycles. The van der Waals surface area contributed by atoms with Crippen molar-refractivity contribution >= 4 is 43.5 Å². The summed E-state index contributed by atoms with van der Waals surface area (Å²) in [7, 11) is 0. The first kappa shape index (κ1) is 21.9. The Morgan fingerprint density at radius 1 is 0.333 bits per heavy atom. The highest BCUT2D eigenvalue weighted by atomic mass is 16.3. The standard InChI is InChI=1S/C38H24O/c1-3-12-25(13-4-1)27-22-23-35-34(24-27)32-20-11-21-33(38(32)39-35)37-30-18-9-7-16-28(30)36(26-14-5-2-6-15-26)29-17-8-10-19-31(29)37/h1-24H. The van der Waals surface area contributed by atoms with E-state index in [0.717, 1.165) is 27.5 Å². The Kier molecular flexibility index (Phi) is 4.89. The molecular formula is C38H24O. The summed E-state index contributed by atoms with van der Waals surface area (Å²) >= 11 is 0. The number of rotatable bonds is 3. The molecule has 0 radical (unpaired) electrons. The van der Waals surface area contributed by atoms with Gasteiger partial charge in [-0.2, -0.15) is 0 Å². The van der Waals surface area contributed by atoms with E-state index in [-0.39, 0.29) is 0 Å². The smallest absolute Gasteiger partial charge is 0.143 e. The van der Waals surface area contributed by atoms with Crippen LogP contribution in [0.2, 0.25) is 0 Å². The molecule has 0 amide bonds. The van der Waals surface area contributed by atoms with Crippen LogP contribution in [0.1, 0.15) is 0 Å². The van der Waals surface area contributed by atoms with Crippen molar-refractivity contribution in [2.45, 2.75) is 0 Å². The molecule has 0 saturated heterocycles. The Balaban J connectivity index is 1.47. The second-order valence-electron chi connectivity index (χ2n) is 10.1. The van der Waals surface area contributed by atoms with Gasteiger partial charge in [0.15, 0.2) is 0 Å². The Bertz CT molecular complexity index is 2090. The van der Waals surface area contributed by atoms with E-state index in [4.69, 9.17) is 4.42 Å². The van der Waals surface area contributed by atoms with Crippen LogP contribution in [0.3, 0.4) is 0 Å². The summed E-state index contributed by atoms with van der Waals surface area (Å²) in [6, 6.07) is 51.9. The number of benzene rings is 7. The molecule has 182 valence electrons. The fourth-order valence-electron chi connectivity index (χ4n) is 6.14. The minimum atomic E-state index is 0.909. The fraction of sp³-hybridized carbons (Fsp3) is 0. The number of furan rings is 1. The summed E-state index contributed by atoms with van der Waals surface area (Å²) in [6.45, 7) is 0. The molecular weight excluding hydrogens is 472 g/mol. The molecule has 0 aliphatic rings. The van der Waals surface area contributed by atoms with Gasteiger partial charge in [-0.1, -0.05) is 133 Å². The molecule has 8 aromatic rings. The number of para-hydroxylation sites is 1. The number of hydrogen-bond acceptors (Lipinski definition) is 1. The van der Waals surface area contributed by atoms with Crippen LogP contribution in [-0.2, 0) is 0 Å². The van der Waals surface area contributed by atoms with E-state index in [9.17, 15) is 0 Å². The highest BCUT2D eigenvalue weighted by Crippen LogP contribution is 2.46. The minimum Gasteiger partial charge on any atom is -0.455 e. The molecule has 0 aliphatic heterocycles. The van der Waals surface area contributed by atoms with Gasteiger partial charge in [0.1, 0.15) is 11.2 Å². The number of fused-ring (bicyclic) bond motifs is 5. The Hall–Kier alpha value is -5.14. The van der Waals surface area contributed by atoms with E-state index in [0.29, 0.717) is 0 Å². The van der Waals surface area contributed by atoms with Gasteiger partial charge in [0.25, 0.3) is 0 Å². The highest BCUT2D eigenvalue weighted by Gasteiger charge is 2.20. The lowest BCUT2D eigenvalue weighted by Crippen LogP contribution is -1.90. The topological polar surface area (TPSA) is 13.1 Å². The predicted molar refractivity (Wildman–Crippen MR) is 165 cm³/mol. The van der Waals surface area contributed by atoms with Crippen LogP contribution in [0, 0.1) is 0 Å². The monoisotopic (exact) mass is 496 g/mol. The van der Waals surface area contributed by atoms with E-state index in [2.05, 4.69) is 146 Å². The maximum atomic E-state index is 6.64. The molecule has 1 aromatic heterocycles. The molecule has 0 atom stereocenters. The molecule has 1 heteroatoms. The quantitative estimate of drug-likeness (QED) is 0.222. The van der Waals surface area contributed by atoms with Gasteiger partial charge in [-0.05, 0) is 55.9 Å². The molecule has 0 fully saturated rings. The molecule has 1 nitrogen and oxygen atoms in total. The van der Waals surface area contributed by atoms with Crippen molar-refractivity contribution in [1.82, 2.24) is 0 Å². The summed E-state index contributed by atoms with van der Waals surface area (Å²) in [5.74, 6) is 0. The van der Waals surface area contributed by atoms with Crippen molar-refractivity contribution in [3.05, 3.63) is 146 Å². The average molecular weight is 497 g/mol. The largest absolute Gasteiger partial charge is 0.455 e. The van der Waals surface area contributed by atoms with Crippen molar-refractivity contribution in [2.75, 3.05) is 0 Å².